The van der Waals surface area contributed by atoms with E-state index in [1.807, 2.05) is 0 Å². The number of hydrogen-bond acceptors (Lipinski definition) is 3. The quantitative estimate of drug-likeness (QED) is 0.330. The van der Waals surface area contributed by atoms with Crippen LogP contribution in [0.1, 0.15) is 24.8 Å². The van der Waals surface area contributed by atoms with Gasteiger partial charge in [0.25, 0.3) is 0 Å². The molecule has 18 heavy (non-hydrogen) atoms. The molecule has 1 aliphatic rings. The molecule has 5 nitrogen and oxygen atoms in total. The summed E-state index contributed by atoms with van der Waals surface area (Å²) in [4.78, 5) is 11.7. The van der Waals surface area contributed by atoms with E-state index in [0.29, 0.717) is 5.69 Å². The van der Waals surface area contributed by atoms with Crippen LogP contribution in [0.3, 0.4) is 0 Å². The predicted molar refractivity (Wildman–Crippen MR) is 64.9 cm³/mol. The molecule has 2 rings (SSSR count). The van der Waals surface area contributed by atoms with Crippen molar-refractivity contribution in [3.63, 3.8) is 0 Å². The number of rotatable bonds is 3. The van der Waals surface area contributed by atoms with Crippen LogP contribution in [0.5, 0.6) is 0 Å². The monoisotopic (exact) mass is 251 g/mol. The maximum atomic E-state index is 13.4. The molecule has 4 N–H and O–H groups in total. The van der Waals surface area contributed by atoms with Crippen LogP contribution in [-0.2, 0) is 4.79 Å². The Balaban J connectivity index is 2.16. The first-order chi connectivity index (χ1) is 8.61. The maximum Gasteiger partial charge on any atom is 0.227 e. The van der Waals surface area contributed by atoms with Crippen LogP contribution in [0.4, 0.5) is 10.1 Å². The molecular weight excluding hydrogens is 237 g/mol. The Morgan fingerprint density at radius 2 is 2.22 bits per heavy atom. The summed E-state index contributed by atoms with van der Waals surface area (Å²) in [5, 5.41) is 14.0. The molecule has 1 aromatic carbocycles. The summed E-state index contributed by atoms with van der Waals surface area (Å²) in [6, 6.07) is 3.96. The Hall–Kier alpha value is -2.11. The molecule has 0 atom stereocenters. The number of oxime groups is 1. The average Bonchev–Trinajstić information content (AvgIpc) is 2.28. The molecule has 0 bridgehead atoms. The second-order valence-corrected chi connectivity index (χ2v) is 4.30. The molecule has 1 aromatic rings. The van der Waals surface area contributed by atoms with Crippen molar-refractivity contribution in [3.05, 3.63) is 29.6 Å². The lowest BCUT2D eigenvalue weighted by Gasteiger charge is -2.24. The van der Waals surface area contributed by atoms with E-state index in [9.17, 15) is 9.18 Å². The van der Waals surface area contributed by atoms with E-state index < -0.39 is 5.82 Å². The Kier molecular flexibility index (Phi) is 3.45. The highest BCUT2D eigenvalue weighted by Gasteiger charge is 2.25. The van der Waals surface area contributed by atoms with E-state index in [0.717, 1.165) is 19.3 Å². The average molecular weight is 251 g/mol. The third-order valence-corrected chi connectivity index (χ3v) is 3.09. The van der Waals surface area contributed by atoms with E-state index in [1.54, 1.807) is 0 Å². The molecule has 0 aliphatic heterocycles. The van der Waals surface area contributed by atoms with Gasteiger partial charge in [0.05, 0.1) is 5.56 Å². The summed E-state index contributed by atoms with van der Waals surface area (Å²) in [5.41, 5.74) is 5.74. The minimum Gasteiger partial charge on any atom is -0.409 e. The zero-order valence-corrected chi connectivity index (χ0v) is 9.69. The second kappa shape index (κ2) is 5.03. The van der Waals surface area contributed by atoms with E-state index in [2.05, 4.69) is 10.5 Å². The standard InChI is InChI=1S/C12H14FN3O2/c13-10-5-4-8(6-9(10)11(14)16-18)15-12(17)7-2-1-3-7/h4-7,18H,1-3H2,(H2,14,16)(H,15,17). The molecule has 0 radical (unpaired) electrons. The number of nitrogens with one attached hydrogen (secondary N) is 1. The highest BCUT2D eigenvalue weighted by molar-refractivity contribution is 5.99. The van der Waals surface area contributed by atoms with Gasteiger partial charge in [-0.1, -0.05) is 11.6 Å². The Morgan fingerprint density at radius 3 is 2.78 bits per heavy atom. The van der Waals surface area contributed by atoms with Crippen molar-refractivity contribution in [3.8, 4) is 0 Å². The maximum absolute atomic E-state index is 13.4. The number of nitrogens with zero attached hydrogens (tertiary/aromatic N) is 1. The Morgan fingerprint density at radius 1 is 1.50 bits per heavy atom. The third-order valence-electron chi connectivity index (χ3n) is 3.09. The molecule has 1 amide bonds. The zero-order valence-electron chi connectivity index (χ0n) is 9.69. The van der Waals surface area contributed by atoms with Crippen molar-refractivity contribution in [2.45, 2.75) is 19.3 Å². The van der Waals surface area contributed by atoms with Gasteiger partial charge in [0.2, 0.25) is 5.91 Å². The van der Waals surface area contributed by atoms with E-state index in [4.69, 9.17) is 10.9 Å². The summed E-state index contributed by atoms with van der Waals surface area (Å²) in [5.74, 6) is -0.958. The van der Waals surface area contributed by atoms with Gasteiger partial charge >= 0.3 is 0 Å². The van der Waals surface area contributed by atoms with Crippen molar-refractivity contribution in [2.24, 2.45) is 16.8 Å². The Bertz CT molecular complexity index is 498. The minimum atomic E-state index is -0.605. The van der Waals surface area contributed by atoms with Crippen LogP contribution < -0.4 is 11.1 Å². The predicted octanol–water partition coefficient (Wildman–Crippen LogP) is 1.66. The number of carbonyl (C=O) groups excluding carboxylic acids is 1. The number of halogens is 1. The van der Waals surface area contributed by atoms with Crippen LogP contribution >= 0.6 is 0 Å². The first kappa shape index (κ1) is 12.3. The summed E-state index contributed by atoms with van der Waals surface area (Å²) in [6.45, 7) is 0. The van der Waals surface area contributed by atoms with Gasteiger partial charge in [0.15, 0.2) is 5.84 Å². The summed E-state index contributed by atoms with van der Waals surface area (Å²) >= 11 is 0. The lowest BCUT2D eigenvalue weighted by Crippen LogP contribution is -2.28. The topological polar surface area (TPSA) is 87.7 Å². The zero-order chi connectivity index (χ0) is 13.1. The number of benzene rings is 1. The molecular formula is C12H14FN3O2. The normalized spacial score (nSPS) is 16.2. The summed E-state index contributed by atoms with van der Waals surface area (Å²) in [7, 11) is 0. The number of anilines is 1. The van der Waals surface area contributed by atoms with Gasteiger partial charge < -0.3 is 16.3 Å². The number of carbonyl (C=O) groups is 1. The molecule has 1 saturated carbocycles. The fraction of sp³-hybridized carbons (Fsp3) is 0.333. The molecule has 96 valence electrons. The van der Waals surface area contributed by atoms with Gasteiger partial charge in [-0.05, 0) is 31.0 Å². The smallest absolute Gasteiger partial charge is 0.227 e. The minimum absolute atomic E-state index is 0.0380. The highest BCUT2D eigenvalue weighted by Crippen LogP contribution is 2.27. The number of nitrogens with two attached hydrogens (primary N) is 1. The molecule has 1 aliphatic carbocycles. The van der Waals surface area contributed by atoms with Crippen molar-refractivity contribution < 1.29 is 14.4 Å². The van der Waals surface area contributed by atoms with Gasteiger partial charge in [-0.3, -0.25) is 4.79 Å². The molecule has 0 unspecified atom stereocenters. The second-order valence-electron chi connectivity index (χ2n) is 4.30. The van der Waals surface area contributed by atoms with E-state index >= 15 is 0 Å². The summed E-state index contributed by atoms with van der Waals surface area (Å²) in [6.07, 6.45) is 2.84. The molecule has 0 aromatic heterocycles. The first-order valence-corrected chi connectivity index (χ1v) is 5.70. The van der Waals surface area contributed by atoms with Gasteiger partial charge in [-0.25, -0.2) is 4.39 Å². The third kappa shape index (κ3) is 2.42. The molecule has 6 heteroatoms. The molecule has 1 fully saturated rings. The molecule has 0 heterocycles. The SMILES string of the molecule is NC(=NO)c1cc(NC(=O)C2CCC2)ccc1F. The largest absolute Gasteiger partial charge is 0.409 e. The van der Waals surface area contributed by atoms with E-state index in [-0.39, 0.29) is 23.2 Å². The number of amidine groups is 1. The van der Waals surface area contributed by atoms with Crippen LogP contribution in [0.15, 0.2) is 23.4 Å². The van der Waals surface area contributed by atoms with E-state index in [1.165, 1.54) is 18.2 Å². The highest BCUT2D eigenvalue weighted by atomic mass is 19.1. The number of amides is 1. The van der Waals surface area contributed by atoms with Gasteiger partial charge in [-0.2, -0.15) is 0 Å². The van der Waals surface area contributed by atoms with Crippen LogP contribution in [-0.4, -0.2) is 17.0 Å². The number of hydrogen-bond donors (Lipinski definition) is 3. The van der Waals surface area contributed by atoms with Crippen LogP contribution in [0.2, 0.25) is 0 Å². The van der Waals surface area contributed by atoms with Crippen LogP contribution in [0.25, 0.3) is 0 Å². The summed E-state index contributed by atoms with van der Waals surface area (Å²) < 4.78 is 13.4. The molecule has 0 spiro atoms. The van der Waals surface area contributed by atoms with Crippen molar-refractivity contribution >= 4 is 17.4 Å². The lowest BCUT2D eigenvalue weighted by molar-refractivity contribution is -0.122. The van der Waals surface area contributed by atoms with Gasteiger partial charge in [0.1, 0.15) is 5.82 Å². The Labute approximate surface area is 103 Å². The van der Waals surface area contributed by atoms with Crippen LogP contribution in [0, 0.1) is 11.7 Å². The van der Waals surface area contributed by atoms with Gasteiger partial charge in [-0.15, -0.1) is 0 Å². The van der Waals surface area contributed by atoms with Crippen molar-refractivity contribution in [1.82, 2.24) is 0 Å². The first-order valence-electron chi connectivity index (χ1n) is 5.70. The van der Waals surface area contributed by atoms with Crippen molar-refractivity contribution in [2.75, 3.05) is 5.32 Å². The van der Waals surface area contributed by atoms with Crippen molar-refractivity contribution in [1.29, 1.82) is 0 Å². The molecule has 0 saturated heterocycles. The fourth-order valence-electron chi connectivity index (χ4n) is 1.77. The fourth-order valence-corrected chi connectivity index (χ4v) is 1.77. The van der Waals surface area contributed by atoms with Gasteiger partial charge in [0, 0.05) is 11.6 Å². The lowest BCUT2D eigenvalue weighted by atomic mass is 9.85.